The van der Waals surface area contributed by atoms with Gasteiger partial charge in [0.1, 0.15) is 5.69 Å². The van der Waals surface area contributed by atoms with E-state index in [1.807, 2.05) is 13.8 Å². The Morgan fingerprint density at radius 3 is 3.11 bits per heavy atom. The average Bonchev–Trinajstić information content (AvgIpc) is 2.88. The minimum atomic E-state index is -0.135. The summed E-state index contributed by atoms with van der Waals surface area (Å²) in [6.07, 6.45) is 2.44. The molecule has 0 spiro atoms. The van der Waals surface area contributed by atoms with E-state index in [9.17, 15) is 4.79 Å². The molecule has 2 rings (SSSR count). The zero-order valence-electron chi connectivity index (χ0n) is 11.6. The van der Waals surface area contributed by atoms with E-state index in [0.717, 1.165) is 6.42 Å². The quantitative estimate of drug-likeness (QED) is 0.883. The second kappa shape index (κ2) is 6.16. The molecule has 0 radical (unpaired) electrons. The van der Waals surface area contributed by atoms with E-state index in [-0.39, 0.29) is 24.1 Å². The van der Waals surface area contributed by atoms with E-state index >= 15 is 0 Å². The highest BCUT2D eigenvalue weighted by Gasteiger charge is 2.28. The fourth-order valence-electron chi connectivity index (χ4n) is 2.28. The van der Waals surface area contributed by atoms with Crippen molar-refractivity contribution in [2.75, 3.05) is 20.3 Å². The summed E-state index contributed by atoms with van der Waals surface area (Å²) in [5.41, 5.74) is 0.565. The van der Waals surface area contributed by atoms with Crippen molar-refractivity contribution in [1.82, 2.24) is 15.1 Å². The van der Waals surface area contributed by atoms with Crippen LogP contribution in [0.25, 0.3) is 0 Å². The molecule has 19 heavy (non-hydrogen) atoms. The van der Waals surface area contributed by atoms with Crippen molar-refractivity contribution < 1.29 is 14.3 Å². The summed E-state index contributed by atoms with van der Waals surface area (Å²) in [5.74, 6) is -0.135. The average molecular weight is 267 g/mol. The van der Waals surface area contributed by atoms with Gasteiger partial charge in [-0.15, -0.1) is 0 Å². The molecule has 1 aliphatic rings. The van der Waals surface area contributed by atoms with Crippen molar-refractivity contribution in [3.05, 3.63) is 18.0 Å². The number of ether oxygens (including phenoxy) is 2. The van der Waals surface area contributed by atoms with Gasteiger partial charge in [-0.1, -0.05) is 0 Å². The lowest BCUT2D eigenvalue weighted by Gasteiger charge is -2.31. The lowest BCUT2D eigenvalue weighted by molar-refractivity contribution is -0.0350. The largest absolute Gasteiger partial charge is 0.379 e. The molecule has 106 valence electrons. The molecule has 0 unspecified atom stereocenters. The van der Waals surface area contributed by atoms with Gasteiger partial charge in [0.05, 0.1) is 18.8 Å². The van der Waals surface area contributed by atoms with E-state index < -0.39 is 0 Å². The van der Waals surface area contributed by atoms with Gasteiger partial charge >= 0.3 is 0 Å². The maximum absolute atomic E-state index is 12.3. The van der Waals surface area contributed by atoms with Crippen LogP contribution in [0.2, 0.25) is 0 Å². The van der Waals surface area contributed by atoms with Crippen LogP contribution >= 0.6 is 0 Å². The van der Waals surface area contributed by atoms with Crippen molar-refractivity contribution in [2.24, 2.45) is 0 Å². The molecule has 2 atom stereocenters. The Kier molecular flexibility index (Phi) is 4.55. The number of carbonyl (C=O) groups excluding carboxylic acids is 1. The second-order valence-corrected chi connectivity index (χ2v) is 4.97. The Bertz CT molecular complexity index is 431. The highest BCUT2D eigenvalue weighted by atomic mass is 16.5. The number of carbonyl (C=O) groups is 1. The van der Waals surface area contributed by atoms with Crippen molar-refractivity contribution in [1.29, 1.82) is 0 Å². The van der Waals surface area contributed by atoms with Gasteiger partial charge in [-0.2, -0.15) is 5.10 Å². The van der Waals surface area contributed by atoms with Crippen LogP contribution in [-0.4, -0.2) is 48.2 Å². The SMILES string of the molecule is CO[C@@H]1CCOC[C@H]1NC(=O)c1ccnn1C(C)C. The van der Waals surface area contributed by atoms with E-state index in [4.69, 9.17) is 9.47 Å². The summed E-state index contributed by atoms with van der Waals surface area (Å²) in [7, 11) is 1.66. The predicted molar refractivity (Wildman–Crippen MR) is 70.1 cm³/mol. The maximum Gasteiger partial charge on any atom is 0.269 e. The minimum Gasteiger partial charge on any atom is -0.379 e. The van der Waals surface area contributed by atoms with Gasteiger partial charge in [0.15, 0.2) is 0 Å². The van der Waals surface area contributed by atoms with Crippen molar-refractivity contribution in [3.63, 3.8) is 0 Å². The fourth-order valence-corrected chi connectivity index (χ4v) is 2.28. The molecule has 1 saturated heterocycles. The van der Waals surface area contributed by atoms with E-state index in [1.54, 1.807) is 24.1 Å². The molecule has 2 heterocycles. The summed E-state index contributed by atoms with van der Waals surface area (Å²) in [6.45, 7) is 5.14. The molecule has 6 heteroatoms. The molecule has 1 aromatic heterocycles. The number of methoxy groups -OCH3 is 1. The van der Waals surface area contributed by atoms with Gasteiger partial charge in [0.2, 0.25) is 0 Å². The lowest BCUT2D eigenvalue weighted by atomic mass is 10.1. The highest BCUT2D eigenvalue weighted by molar-refractivity contribution is 5.92. The smallest absolute Gasteiger partial charge is 0.269 e. The molecule has 0 saturated carbocycles. The number of amides is 1. The molecule has 0 bridgehead atoms. The molecule has 1 aromatic rings. The molecule has 1 amide bonds. The first-order chi connectivity index (χ1) is 9.13. The Balaban J connectivity index is 2.05. The van der Waals surface area contributed by atoms with Crippen LogP contribution in [0.15, 0.2) is 12.3 Å². The first-order valence-corrected chi connectivity index (χ1v) is 6.58. The van der Waals surface area contributed by atoms with Crippen molar-refractivity contribution in [3.8, 4) is 0 Å². The van der Waals surface area contributed by atoms with Gasteiger partial charge in [-0.05, 0) is 26.3 Å². The molecular weight excluding hydrogens is 246 g/mol. The van der Waals surface area contributed by atoms with Crippen LogP contribution in [0.1, 0.15) is 36.8 Å². The van der Waals surface area contributed by atoms with Gasteiger partial charge in [-0.25, -0.2) is 0 Å². The molecule has 0 aliphatic carbocycles. The maximum atomic E-state index is 12.3. The summed E-state index contributed by atoms with van der Waals surface area (Å²) >= 11 is 0. The first kappa shape index (κ1) is 14.0. The van der Waals surface area contributed by atoms with E-state index in [2.05, 4.69) is 10.4 Å². The molecule has 1 N–H and O–H groups in total. The molecule has 1 aliphatic heterocycles. The van der Waals surface area contributed by atoms with Crippen LogP contribution in [0.3, 0.4) is 0 Å². The molecule has 1 fully saturated rings. The number of hydrogen-bond donors (Lipinski definition) is 1. The third-order valence-electron chi connectivity index (χ3n) is 3.30. The molecule has 6 nitrogen and oxygen atoms in total. The molecular formula is C13H21N3O3. The lowest BCUT2D eigenvalue weighted by Crippen LogP contribution is -2.50. The van der Waals surface area contributed by atoms with Gasteiger partial charge in [0, 0.05) is 26.0 Å². The monoisotopic (exact) mass is 267 g/mol. The third kappa shape index (κ3) is 3.13. The summed E-state index contributed by atoms with van der Waals surface area (Å²) in [5, 5.41) is 7.13. The Morgan fingerprint density at radius 2 is 2.42 bits per heavy atom. The van der Waals surface area contributed by atoms with E-state index in [1.165, 1.54) is 0 Å². The predicted octanol–water partition coefficient (Wildman–Crippen LogP) is 0.998. The van der Waals surface area contributed by atoms with Gasteiger partial charge in [-0.3, -0.25) is 9.48 Å². The van der Waals surface area contributed by atoms with Crippen LogP contribution in [-0.2, 0) is 9.47 Å². The zero-order chi connectivity index (χ0) is 13.8. The van der Waals surface area contributed by atoms with Crippen LogP contribution < -0.4 is 5.32 Å². The highest BCUT2D eigenvalue weighted by Crippen LogP contribution is 2.13. The Morgan fingerprint density at radius 1 is 1.63 bits per heavy atom. The normalized spacial score (nSPS) is 23.6. The Hall–Kier alpha value is -1.40. The molecule has 0 aromatic carbocycles. The van der Waals surface area contributed by atoms with Crippen LogP contribution in [0, 0.1) is 0 Å². The summed E-state index contributed by atoms with van der Waals surface area (Å²) in [6, 6.07) is 1.76. The number of nitrogens with one attached hydrogen (secondary N) is 1. The van der Waals surface area contributed by atoms with E-state index in [0.29, 0.717) is 18.9 Å². The fraction of sp³-hybridized carbons (Fsp3) is 0.692. The van der Waals surface area contributed by atoms with Crippen LogP contribution in [0.5, 0.6) is 0 Å². The number of rotatable bonds is 4. The topological polar surface area (TPSA) is 65.4 Å². The number of nitrogens with zero attached hydrogens (tertiary/aromatic N) is 2. The standard InChI is InChI=1S/C13H21N3O3/c1-9(2)16-11(4-6-14-16)13(17)15-10-8-19-7-5-12(10)18-3/h4,6,9-10,12H,5,7-8H2,1-3H3,(H,15,17)/t10-,12-/m1/s1. The third-order valence-corrected chi connectivity index (χ3v) is 3.30. The summed E-state index contributed by atoms with van der Waals surface area (Å²) in [4.78, 5) is 12.3. The van der Waals surface area contributed by atoms with Gasteiger partial charge < -0.3 is 14.8 Å². The number of hydrogen-bond acceptors (Lipinski definition) is 4. The Labute approximate surface area is 113 Å². The minimum absolute atomic E-state index is 0.00752. The summed E-state index contributed by atoms with van der Waals surface area (Å²) < 4.78 is 12.5. The van der Waals surface area contributed by atoms with Crippen molar-refractivity contribution >= 4 is 5.91 Å². The zero-order valence-corrected chi connectivity index (χ0v) is 11.6. The van der Waals surface area contributed by atoms with Crippen LogP contribution in [0.4, 0.5) is 0 Å². The second-order valence-electron chi connectivity index (χ2n) is 4.97. The number of aromatic nitrogens is 2. The van der Waals surface area contributed by atoms with Crippen molar-refractivity contribution in [2.45, 2.75) is 38.5 Å². The first-order valence-electron chi connectivity index (χ1n) is 6.58. The van der Waals surface area contributed by atoms with Gasteiger partial charge in [0.25, 0.3) is 5.91 Å².